The molecule has 1 amide bonds. The molecule has 0 saturated heterocycles. The third-order valence-electron chi connectivity index (χ3n) is 2.74. The zero-order valence-electron chi connectivity index (χ0n) is 10.6. The smallest absolute Gasteiger partial charge is 0.255 e. The minimum atomic E-state index is -0.237. The molecule has 1 aromatic carbocycles. The summed E-state index contributed by atoms with van der Waals surface area (Å²) in [6, 6.07) is 10.6. The molecular formula is C13H9BrN6O. The van der Waals surface area contributed by atoms with Crippen LogP contribution < -0.4 is 5.32 Å². The molecule has 0 radical (unpaired) electrons. The number of para-hydroxylation sites is 2. The van der Waals surface area contributed by atoms with Crippen molar-refractivity contribution in [3.05, 3.63) is 59.1 Å². The maximum Gasteiger partial charge on any atom is 0.255 e. The van der Waals surface area contributed by atoms with Gasteiger partial charge in [0.2, 0.25) is 0 Å². The number of aromatic nitrogens is 5. The molecular weight excluding hydrogens is 336 g/mol. The van der Waals surface area contributed by atoms with Crippen LogP contribution in [-0.2, 0) is 0 Å². The van der Waals surface area contributed by atoms with Crippen LogP contribution in [0.3, 0.4) is 0 Å². The monoisotopic (exact) mass is 344 g/mol. The Balaban J connectivity index is 1.90. The molecule has 2 heterocycles. The van der Waals surface area contributed by atoms with Crippen LogP contribution in [0.2, 0.25) is 0 Å². The third-order valence-corrected chi connectivity index (χ3v) is 3.17. The van der Waals surface area contributed by atoms with E-state index in [9.17, 15) is 4.79 Å². The molecule has 0 fully saturated rings. The van der Waals surface area contributed by atoms with Crippen molar-refractivity contribution in [2.45, 2.75) is 0 Å². The number of amides is 1. The fourth-order valence-corrected chi connectivity index (χ4v) is 2.15. The lowest BCUT2D eigenvalue weighted by Gasteiger charge is -2.10. The first-order chi connectivity index (χ1) is 10.2. The number of anilines is 1. The summed E-state index contributed by atoms with van der Waals surface area (Å²) >= 11 is 3.24. The standard InChI is InChI=1S/C13H9BrN6O/c14-12-7-9(5-6-15-12)13(21)17-10-3-1-2-4-11(10)20-8-16-18-19-20/h1-8H,(H,17,21). The van der Waals surface area contributed by atoms with E-state index in [1.807, 2.05) is 18.2 Å². The maximum atomic E-state index is 12.3. The van der Waals surface area contributed by atoms with E-state index in [0.29, 0.717) is 21.5 Å². The molecule has 0 atom stereocenters. The van der Waals surface area contributed by atoms with Crippen molar-refractivity contribution >= 4 is 27.5 Å². The lowest BCUT2D eigenvalue weighted by molar-refractivity contribution is 0.102. The average molecular weight is 345 g/mol. The van der Waals surface area contributed by atoms with Crippen molar-refractivity contribution in [2.24, 2.45) is 0 Å². The number of hydrogen-bond acceptors (Lipinski definition) is 5. The molecule has 3 rings (SSSR count). The molecule has 0 aliphatic carbocycles. The highest BCUT2D eigenvalue weighted by atomic mass is 79.9. The van der Waals surface area contributed by atoms with Crippen molar-refractivity contribution in [1.29, 1.82) is 0 Å². The highest BCUT2D eigenvalue weighted by Gasteiger charge is 2.11. The van der Waals surface area contributed by atoms with Crippen molar-refractivity contribution in [3.8, 4) is 5.69 Å². The van der Waals surface area contributed by atoms with E-state index < -0.39 is 0 Å². The third kappa shape index (κ3) is 2.95. The van der Waals surface area contributed by atoms with Crippen molar-refractivity contribution in [3.63, 3.8) is 0 Å². The maximum absolute atomic E-state index is 12.3. The zero-order chi connectivity index (χ0) is 14.7. The Morgan fingerprint density at radius 2 is 2.10 bits per heavy atom. The van der Waals surface area contributed by atoms with Crippen LogP contribution in [0.25, 0.3) is 5.69 Å². The van der Waals surface area contributed by atoms with E-state index in [-0.39, 0.29) is 5.91 Å². The summed E-state index contributed by atoms with van der Waals surface area (Å²) in [7, 11) is 0. The molecule has 7 nitrogen and oxygen atoms in total. The number of pyridine rings is 1. The van der Waals surface area contributed by atoms with E-state index >= 15 is 0 Å². The van der Waals surface area contributed by atoms with Gasteiger partial charge in [-0.15, -0.1) is 5.10 Å². The molecule has 2 aromatic heterocycles. The Hall–Kier alpha value is -2.61. The van der Waals surface area contributed by atoms with Gasteiger partial charge in [0.25, 0.3) is 5.91 Å². The molecule has 0 saturated carbocycles. The van der Waals surface area contributed by atoms with E-state index in [4.69, 9.17) is 0 Å². The minimum Gasteiger partial charge on any atom is -0.320 e. The Labute approximate surface area is 128 Å². The van der Waals surface area contributed by atoms with Crippen LogP contribution in [0.1, 0.15) is 10.4 Å². The molecule has 0 aliphatic heterocycles. The summed E-state index contributed by atoms with van der Waals surface area (Å²) in [6.45, 7) is 0. The predicted molar refractivity (Wildman–Crippen MR) is 79.0 cm³/mol. The Kier molecular flexibility index (Phi) is 3.69. The molecule has 21 heavy (non-hydrogen) atoms. The van der Waals surface area contributed by atoms with Crippen LogP contribution in [0.5, 0.6) is 0 Å². The number of halogens is 1. The first kappa shape index (κ1) is 13.4. The van der Waals surface area contributed by atoms with Gasteiger partial charge < -0.3 is 5.32 Å². The summed E-state index contributed by atoms with van der Waals surface area (Å²) in [5, 5.41) is 13.9. The topological polar surface area (TPSA) is 85.6 Å². The number of carbonyl (C=O) groups excluding carboxylic acids is 1. The summed E-state index contributed by atoms with van der Waals surface area (Å²) in [5.41, 5.74) is 1.80. The van der Waals surface area contributed by atoms with Crippen molar-refractivity contribution in [2.75, 3.05) is 5.32 Å². The van der Waals surface area contributed by atoms with E-state index in [2.05, 4.69) is 41.8 Å². The highest BCUT2D eigenvalue weighted by Crippen LogP contribution is 2.19. The fourth-order valence-electron chi connectivity index (χ4n) is 1.79. The molecule has 1 N–H and O–H groups in total. The summed E-state index contributed by atoms with van der Waals surface area (Å²) in [4.78, 5) is 16.3. The minimum absolute atomic E-state index is 0.237. The van der Waals surface area contributed by atoms with Crippen LogP contribution in [0.4, 0.5) is 5.69 Å². The first-order valence-corrected chi connectivity index (χ1v) is 6.78. The summed E-state index contributed by atoms with van der Waals surface area (Å²) in [6.07, 6.45) is 3.03. The van der Waals surface area contributed by atoms with E-state index in [1.54, 1.807) is 24.4 Å². The molecule has 3 aromatic rings. The normalized spacial score (nSPS) is 10.3. The van der Waals surface area contributed by atoms with Crippen LogP contribution >= 0.6 is 15.9 Å². The Morgan fingerprint density at radius 1 is 1.24 bits per heavy atom. The van der Waals surface area contributed by atoms with Gasteiger partial charge in [-0.05, 0) is 50.6 Å². The number of tetrazole rings is 1. The van der Waals surface area contributed by atoms with Gasteiger partial charge in [0.15, 0.2) is 0 Å². The number of rotatable bonds is 3. The number of carbonyl (C=O) groups is 1. The van der Waals surface area contributed by atoms with E-state index in [1.165, 1.54) is 11.0 Å². The van der Waals surface area contributed by atoms with Gasteiger partial charge in [-0.3, -0.25) is 4.79 Å². The number of nitrogens with zero attached hydrogens (tertiary/aromatic N) is 5. The summed E-state index contributed by atoms with van der Waals surface area (Å²) < 4.78 is 2.09. The van der Waals surface area contributed by atoms with Gasteiger partial charge in [-0.1, -0.05) is 12.1 Å². The highest BCUT2D eigenvalue weighted by molar-refractivity contribution is 9.10. The van der Waals surface area contributed by atoms with E-state index in [0.717, 1.165) is 0 Å². The average Bonchev–Trinajstić information content (AvgIpc) is 3.02. The second-order valence-corrected chi connectivity index (χ2v) is 4.91. The lowest BCUT2D eigenvalue weighted by atomic mass is 10.2. The predicted octanol–water partition coefficient (Wildman–Crippen LogP) is 2.07. The molecule has 8 heteroatoms. The lowest BCUT2D eigenvalue weighted by Crippen LogP contribution is -2.14. The van der Waals surface area contributed by atoms with Crippen LogP contribution in [-0.4, -0.2) is 31.1 Å². The molecule has 0 unspecified atom stereocenters. The molecule has 0 spiro atoms. The fraction of sp³-hybridized carbons (Fsp3) is 0. The SMILES string of the molecule is O=C(Nc1ccccc1-n1cnnn1)c1ccnc(Br)c1. The largest absolute Gasteiger partial charge is 0.320 e. The summed E-state index contributed by atoms with van der Waals surface area (Å²) in [5.74, 6) is -0.237. The van der Waals surface area contributed by atoms with Crippen molar-refractivity contribution < 1.29 is 4.79 Å². The molecule has 0 aliphatic rings. The van der Waals surface area contributed by atoms with Gasteiger partial charge in [0, 0.05) is 11.8 Å². The second kappa shape index (κ2) is 5.80. The Morgan fingerprint density at radius 3 is 2.86 bits per heavy atom. The zero-order valence-corrected chi connectivity index (χ0v) is 12.2. The van der Waals surface area contributed by atoms with Gasteiger partial charge in [-0.25, -0.2) is 4.98 Å². The molecule has 104 valence electrons. The second-order valence-electron chi connectivity index (χ2n) is 4.09. The number of benzene rings is 1. The van der Waals surface area contributed by atoms with Crippen molar-refractivity contribution in [1.82, 2.24) is 25.2 Å². The first-order valence-electron chi connectivity index (χ1n) is 5.99. The van der Waals surface area contributed by atoms with Gasteiger partial charge in [0.1, 0.15) is 10.9 Å². The van der Waals surface area contributed by atoms with Crippen LogP contribution in [0, 0.1) is 0 Å². The van der Waals surface area contributed by atoms with Gasteiger partial charge >= 0.3 is 0 Å². The number of hydrogen-bond donors (Lipinski definition) is 1. The quantitative estimate of drug-likeness (QED) is 0.735. The van der Waals surface area contributed by atoms with Gasteiger partial charge in [0.05, 0.1) is 11.4 Å². The Bertz CT molecular complexity index is 774. The van der Waals surface area contributed by atoms with Gasteiger partial charge in [-0.2, -0.15) is 4.68 Å². The number of nitrogens with one attached hydrogen (secondary N) is 1. The molecule has 0 bridgehead atoms. The van der Waals surface area contributed by atoms with Crippen LogP contribution in [0.15, 0.2) is 53.5 Å².